The molecule has 0 N–H and O–H groups in total. The maximum atomic E-state index is 12.9. The summed E-state index contributed by atoms with van der Waals surface area (Å²) in [4.78, 5) is 14.6. The first-order chi connectivity index (χ1) is 13.7. The number of amides is 1. The Hall–Kier alpha value is -2.64. The minimum absolute atomic E-state index is 0.0176. The molecule has 3 heterocycles. The number of thioether (sulfide) groups is 1. The summed E-state index contributed by atoms with van der Waals surface area (Å²) in [7, 11) is 0. The van der Waals surface area contributed by atoms with Crippen molar-refractivity contribution in [2.45, 2.75) is 18.4 Å². The van der Waals surface area contributed by atoms with Crippen LogP contribution in [-0.4, -0.2) is 32.8 Å². The van der Waals surface area contributed by atoms with E-state index in [1.807, 2.05) is 30.3 Å². The SMILES string of the molecule is C=CCN(C(=O)CSc1nnc(CC)n2c1cc1sccc12)c1ccccc1. The second-order valence-electron chi connectivity index (χ2n) is 6.23. The van der Waals surface area contributed by atoms with E-state index in [4.69, 9.17) is 0 Å². The molecule has 0 bridgehead atoms. The molecule has 3 aromatic heterocycles. The Morgan fingerprint density at radius 2 is 2.07 bits per heavy atom. The molecule has 0 aliphatic heterocycles. The number of aromatic nitrogens is 3. The summed E-state index contributed by atoms with van der Waals surface area (Å²) in [6.07, 6.45) is 2.54. The van der Waals surface area contributed by atoms with Gasteiger partial charge in [0, 0.05) is 18.7 Å². The van der Waals surface area contributed by atoms with Crippen LogP contribution in [0, 0.1) is 0 Å². The van der Waals surface area contributed by atoms with Crippen molar-refractivity contribution in [1.29, 1.82) is 0 Å². The summed E-state index contributed by atoms with van der Waals surface area (Å²) in [6, 6.07) is 13.9. The van der Waals surface area contributed by atoms with Gasteiger partial charge >= 0.3 is 0 Å². The molecule has 28 heavy (non-hydrogen) atoms. The standard InChI is InChI=1S/C21H20N4OS2/c1-3-11-24(15-8-6-5-7-9-15)20(26)14-28-21-17-13-18-16(10-12-27-18)25(17)19(4-2)22-23-21/h3,5-10,12-13H,1,4,11,14H2,2H3. The van der Waals surface area contributed by atoms with E-state index in [0.29, 0.717) is 6.54 Å². The summed E-state index contributed by atoms with van der Waals surface area (Å²) >= 11 is 3.13. The number of fused-ring (bicyclic) bond motifs is 3. The topological polar surface area (TPSA) is 50.5 Å². The predicted octanol–water partition coefficient (Wildman–Crippen LogP) is 4.82. The maximum Gasteiger partial charge on any atom is 0.237 e. The predicted molar refractivity (Wildman–Crippen MR) is 117 cm³/mol. The van der Waals surface area contributed by atoms with Gasteiger partial charge in [0.25, 0.3) is 0 Å². The van der Waals surface area contributed by atoms with Gasteiger partial charge in [0.05, 0.1) is 21.5 Å². The van der Waals surface area contributed by atoms with Crippen molar-refractivity contribution in [1.82, 2.24) is 14.6 Å². The highest BCUT2D eigenvalue weighted by Crippen LogP contribution is 2.31. The lowest BCUT2D eigenvalue weighted by molar-refractivity contribution is -0.116. The molecule has 1 amide bonds. The first-order valence-corrected chi connectivity index (χ1v) is 10.9. The van der Waals surface area contributed by atoms with Gasteiger partial charge in [-0.05, 0) is 29.6 Å². The van der Waals surface area contributed by atoms with Crippen LogP contribution in [0.3, 0.4) is 0 Å². The van der Waals surface area contributed by atoms with Crippen molar-refractivity contribution in [3.05, 3.63) is 66.3 Å². The highest BCUT2D eigenvalue weighted by atomic mass is 32.2. The van der Waals surface area contributed by atoms with Crippen molar-refractivity contribution < 1.29 is 4.79 Å². The number of nitrogens with zero attached hydrogens (tertiary/aromatic N) is 4. The summed E-state index contributed by atoms with van der Waals surface area (Å²) in [6.45, 7) is 6.33. The molecular formula is C21H20N4OS2. The monoisotopic (exact) mass is 408 g/mol. The number of para-hydroxylation sites is 1. The van der Waals surface area contributed by atoms with Crippen LogP contribution in [0.2, 0.25) is 0 Å². The summed E-state index contributed by atoms with van der Waals surface area (Å²) < 4.78 is 3.36. The number of aryl methyl sites for hydroxylation is 1. The average Bonchev–Trinajstić information content (AvgIpc) is 3.32. The Morgan fingerprint density at radius 1 is 1.25 bits per heavy atom. The molecule has 4 aromatic rings. The van der Waals surface area contributed by atoms with Gasteiger partial charge in [-0.1, -0.05) is 43.0 Å². The van der Waals surface area contributed by atoms with Gasteiger partial charge in [-0.15, -0.1) is 28.1 Å². The highest BCUT2D eigenvalue weighted by molar-refractivity contribution is 8.00. The third-order valence-corrected chi connectivity index (χ3v) is 6.29. The first-order valence-electron chi connectivity index (χ1n) is 9.06. The molecule has 0 atom stereocenters. The summed E-state index contributed by atoms with van der Waals surface area (Å²) in [5.74, 6) is 1.23. The van der Waals surface area contributed by atoms with E-state index in [2.05, 4.69) is 45.6 Å². The zero-order valence-corrected chi connectivity index (χ0v) is 17.2. The Labute approximate surface area is 171 Å². The van der Waals surface area contributed by atoms with E-state index in [0.717, 1.165) is 34.0 Å². The number of thiophene rings is 1. The molecule has 1 aromatic carbocycles. The summed E-state index contributed by atoms with van der Waals surface area (Å²) in [5, 5.41) is 11.7. The van der Waals surface area contributed by atoms with Crippen LogP contribution in [0.1, 0.15) is 12.7 Å². The van der Waals surface area contributed by atoms with Crippen LogP contribution in [0.25, 0.3) is 15.7 Å². The van der Waals surface area contributed by atoms with Crippen LogP contribution in [0.5, 0.6) is 0 Å². The zero-order chi connectivity index (χ0) is 19.5. The van der Waals surface area contributed by atoms with Gasteiger partial charge in [0.15, 0.2) is 0 Å². The lowest BCUT2D eigenvalue weighted by Gasteiger charge is -2.21. The van der Waals surface area contributed by atoms with Crippen LogP contribution in [0.15, 0.2) is 65.5 Å². The molecular weight excluding hydrogens is 388 g/mol. The smallest absolute Gasteiger partial charge is 0.237 e. The normalized spacial score (nSPS) is 11.2. The van der Waals surface area contributed by atoms with Gasteiger partial charge in [-0.25, -0.2) is 0 Å². The van der Waals surface area contributed by atoms with Crippen molar-refractivity contribution in [3.8, 4) is 0 Å². The molecule has 142 valence electrons. The van der Waals surface area contributed by atoms with Crippen LogP contribution in [0.4, 0.5) is 5.69 Å². The van der Waals surface area contributed by atoms with E-state index < -0.39 is 0 Å². The van der Waals surface area contributed by atoms with Crippen LogP contribution >= 0.6 is 23.1 Å². The Bertz CT molecular complexity index is 1130. The Morgan fingerprint density at radius 3 is 2.82 bits per heavy atom. The maximum absolute atomic E-state index is 12.9. The van der Waals surface area contributed by atoms with Gasteiger partial charge in [-0.3, -0.25) is 9.20 Å². The molecule has 0 spiro atoms. The first kappa shape index (κ1) is 18.7. The van der Waals surface area contributed by atoms with E-state index in [1.165, 1.54) is 16.5 Å². The average molecular weight is 409 g/mol. The third kappa shape index (κ3) is 3.43. The number of rotatable bonds is 7. The van der Waals surface area contributed by atoms with E-state index >= 15 is 0 Å². The van der Waals surface area contributed by atoms with Crippen LogP contribution in [-0.2, 0) is 11.2 Å². The fourth-order valence-corrected chi connectivity index (χ4v) is 4.80. The molecule has 0 unspecified atom stereocenters. The van der Waals surface area contributed by atoms with Gasteiger partial charge < -0.3 is 4.90 Å². The number of benzene rings is 1. The van der Waals surface area contributed by atoms with Crippen molar-refractivity contribution >= 4 is 50.4 Å². The molecule has 7 heteroatoms. The Balaban J connectivity index is 1.61. The zero-order valence-electron chi connectivity index (χ0n) is 15.5. The number of hydrogen-bond donors (Lipinski definition) is 0. The molecule has 0 radical (unpaired) electrons. The van der Waals surface area contributed by atoms with Gasteiger partial charge in [0.1, 0.15) is 10.9 Å². The molecule has 0 saturated heterocycles. The largest absolute Gasteiger partial charge is 0.308 e. The van der Waals surface area contributed by atoms with Gasteiger partial charge in [-0.2, -0.15) is 0 Å². The third-order valence-electron chi connectivity index (χ3n) is 4.49. The number of carbonyl (C=O) groups is 1. The van der Waals surface area contributed by atoms with Crippen molar-refractivity contribution in [2.24, 2.45) is 0 Å². The van der Waals surface area contributed by atoms with E-state index in [9.17, 15) is 4.79 Å². The van der Waals surface area contributed by atoms with E-state index in [1.54, 1.807) is 22.3 Å². The van der Waals surface area contributed by atoms with Crippen molar-refractivity contribution in [2.75, 3.05) is 17.2 Å². The minimum atomic E-state index is 0.0176. The van der Waals surface area contributed by atoms with Crippen molar-refractivity contribution in [3.63, 3.8) is 0 Å². The minimum Gasteiger partial charge on any atom is -0.308 e. The summed E-state index contributed by atoms with van der Waals surface area (Å²) in [5.41, 5.74) is 3.03. The lowest BCUT2D eigenvalue weighted by Crippen LogP contribution is -2.32. The molecule has 0 aliphatic carbocycles. The fraction of sp³-hybridized carbons (Fsp3) is 0.190. The molecule has 0 saturated carbocycles. The second-order valence-corrected chi connectivity index (χ2v) is 8.14. The molecule has 5 nitrogen and oxygen atoms in total. The lowest BCUT2D eigenvalue weighted by atomic mass is 10.3. The molecule has 0 fully saturated rings. The van der Waals surface area contributed by atoms with E-state index in [-0.39, 0.29) is 11.7 Å². The number of carbonyl (C=O) groups excluding carboxylic acids is 1. The highest BCUT2D eigenvalue weighted by Gasteiger charge is 2.18. The second kappa shape index (κ2) is 8.16. The quantitative estimate of drug-likeness (QED) is 0.325. The number of hydrogen-bond acceptors (Lipinski definition) is 5. The molecule has 0 aliphatic rings. The van der Waals surface area contributed by atoms with Crippen LogP contribution < -0.4 is 4.90 Å². The van der Waals surface area contributed by atoms with Gasteiger partial charge in [0.2, 0.25) is 5.91 Å². The molecule has 4 rings (SSSR count). The fourth-order valence-electron chi connectivity index (χ4n) is 3.19. The Kier molecular flexibility index (Phi) is 5.45. The number of anilines is 1.